The largest absolute Gasteiger partial charge is 0.441 e. The molecule has 3 heterocycles. The molecule has 0 bridgehead atoms. The van der Waals surface area contributed by atoms with Crippen molar-refractivity contribution >= 4 is 16.7 Å². The van der Waals surface area contributed by atoms with E-state index < -0.39 is 0 Å². The van der Waals surface area contributed by atoms with Crippen molar-refractivity contribution in [2.24, 2.45) is 0 Å². The summed E-state index contributed by atoms with van der Waals surface area (Å²) in [5, 5.41) is 5.37. The first kappa shape index (κ1) is 20.4. The lowest BCUT2D eigenvalue weighted by Gasteiger charge is -2.24. The zero-order valence-corrected chi connectivity index (χ0v) is 18.1. The average molecular weight is 427 g/mol. The lowest BCUT2D eigenvalue weighted by Crippen LogP contribution is -2.38. The van der Waals surface area contributed by atoms with Crippen LogP contribution in [-0.4, -0.2) is 33.4 Å². The number of hydrogen-bond acceptors (Lipinski definition) is 5. The minimum Gasteiger partial charge on any atom is -0.441 e. The molecule has 1 amide bonds. The van der Waals surface area contributed by atoms with Gasteiger partial charge < -0.3 is 9.73 Å². The molecule has 0 radical (unpaired) electrons. The van der Waals surface area contributed by atoms with E-state index in [0.717, 1.165) is 52.9 Å². The molecule has 1 fully saturated rings. The molecule has 0 saturated carbocycles. The van der Waals surface area contributed by atoms with Gasteiger partial charge in [0.1, 0.15) is 5.76 Å². The maximum Gasteiger partial charge on any atom is 0.227 e. The third-order valence-corrected chi connectivity index (χ3v) is 5.98. The first-order valence-electron chi connectivity index (χ1n) is 11.0. The molecule has 2 aromatic carbocycles. The van der Waals surface area contributed by atoms with Crippen LogP contribution in [0.4, 0.5) is 0 Å². The van der Waals surface area contributed by atoms with Crippen LogP contribution in [0.2, 0.25) is 0 Å². The Labute approximate surface area is 187 Å². The summed E-state index contributed by atoms with van der Waals surface area (Å²) in [5.41, 5.74) is 3.05. The molecule has 5 rings (SSSR count). The van der Waals surface area contributed by atoms with E-state index in [9.17, 15) is 4.79 Å². The van der Waals surface area contributed by atoms with E-state index in [-0.39, 0.29) is 11.9 Å². The molecular formula is C26H26N4O2. The number of nitrogens with one attached hydrogen (secondary N) is 1. The SMILES string of the molecule is Cc1oc(-c2cccc3ccccc23)nc1CN(Cc1cccnc1)C[C@@H]1CCC(=O)N1. The number of aromatic nitrogens is 2. The average Bonchev–Trinajstić information content (AvgIpc) is 3.39. The maximum atomic E-state index is 11.7. The number of aryl methyl sites for hydroxylation is 1. The standard InChI is InChI=1S/C26H26N4O2/c1-18-24(29-26(32-18)23-10-4-8-20-7-2-3-9-22(20)23)17-30(15-19-6-5-13-27-14-19)16-21-11-12-25(31)28-21/h2-10,13-14,21H,11-12,15-17H2,1H3,(H,28,31)/t21-/m0/s1. The molecule has 0 unspecified atom stereocenters. The topological polar surface area (TPSA) is 71.3 Å². The van der Waals surface area contributed by atoms with Gasteiger partial charge >= 0.3 is 0 Å². The predicted molar refractivity (Wildman–Crippen MR) is 124 cm³/mol. The summed E-state index contributed by atoms with van der Waals surface area (Å²) in [4.78, 5) is 23.2. The highest BCUT2D eigenvalue weighted by Gasteiger charge is 2.24. The molecule has 1 N–H and O–H groups in total. The van der Waals surface area contributed by atoms with E-state index in [1.165, 1.54) is 0 Å². The molecule has 2 aromatic heterocycles. The maximum absolute atomic E-state index is 11.7. The van der Waals surface area contributed by atoms with Gasteiger partial charge in [0.25, 0.3) is 0 Å². The number of benzene rings is 2. The number of nitrogens with zero attached hydrogens (tertiary/aromatic N) is 3. The second-order valence-corrected chi connectivity index (χ2v) is 8.38. The Morgan fingerprint density at radius 1 is 1.09 bits per heavy atom. The fourth-order valence-corrected chi connectivity index (χ4v) is 4.37. The van der Waals surface area contributed by atoms with Crippen LogP contribution < -0.4 is 5.32 Å². The summed E-state index contributed by atoms with van der Waals surface area (Å²) < 4.78 is 6.13. The number of hydrogen-bond donors (Lipinski definition) is 1. The van der Waals surface area contributed by atoms with Crippen molar-refractivity contribution in [1.82, 2.24) is 20.2 Å². The van der Waals surface area contributed by atoms with Crippen molar-refractivity contribution < 1.29 is 9.21 Å². The van der Waals surface area contributed by atoms with Gasteiger partial charge in [-0.3, -0.25) is 14.7 Å². The highest BCUT2D eigenvalue weighted by atomic mass is 16.4. The zero-order chi connectivity index (χ0) is 21.9. The number of carbonyl (C=O) groups excluding carboxylic acids is 1. The molecule has 32 heavy (non-hydrogen) atoms. The summed E-state index contributed by atoms with van der Waals surface area (Å²) in [6.07, 6.45) is 5.13. The Bertz CT molecular complexity index is 1230. The molecule has 1 saturated heterocycles. The van der Waals surface area contributed by atoms with Crippen LogP contribution >= 0.6 is 0 Å². The van der Waals surface area contributed by atoms with Gasteiger partial charge in [0.05, 0.1) is 5.69 Å². The van der Waals surface area contributed by atoms with Crippen LogP contribution in [-0.2, 0) is 17.9 Å². The van der Waals surface area contributed by atoms with E-state index in [2.05, 4.69) is 45.5 Å². The van der Waals surface area contributed by atoms with Crippen molar-refractivity contribution in [3.05, 3.63) is 84.0 Å². The fraction of sp³-hybridized carbons (Fsp3) is 0.269. The molecule has 1 aliphatic heterocycles. The quantitative estimate of drug-likeness (QED) is 0.472. The van der Waals surface area contributed by atoms with E-state index >= 15 is 0 Å². The Kier molecular flexibility index (Phi) is 5.69. The van der Waals surface area contributed by atoms with Crippen molar-refractivity contribution in [2.75, 3.05) is 6.54 Å². The molecule has 0 spiro atoms. The summed E-state index contributed by atoms with van der Waals surface area (Å²) in [7, 11) is 0. The molecule has 6 nitrogen and oxygen atoms in total. The number of oxazole rings is 1. The summed E-state index contributed by atoms with van der Waals surface area (Å²) in [6.45, 7) is 4.10. The van der Waals surface area contributed by atoms with Crippen LogP contribution in [0.15, 0.2) is 71.4 Å². The highest BCUT2D eigenvalue weighted by Crippen LogP contribution is 2.30. The highest BCUT2D eigenvalue weighted by molar-refractivity contribution is 5.94. The molecule has 4 aromatic rings. The third-order valence-electron chi connectivity index (χ3n) is 5.98. The van der Waals surface area contributed by atoms with Gasteiger partial charge in [0.15, 0.2) is 0 Å². The predicted octanol–water partition coefficient (Wildman–Crippen LogP) is 4.48. The van der Waals surface area contributed by atoms with Gasteiger partial charge in [-0.2, -0.15) is 0 Å². The minimum atomic E-state index is 0.132. The zero-order valence-electron chi connectivity index (χ0n) is 18.1. The van der Waals surface area contributed by atoms with E-state index in [1.54, 1.807) is 6.20 Å². The van der Waals surface area contributed by atoms with Crippen LogP contribution in [0.1, 0.15) is 29.9 Å². The molecule has 1 aliphatic rings. The van der Waals surface area contributed by atoms with Gasteiger partial charge in [-0.25, -0.2) is 4.98 Å². The number of fused-ring (bicyclic) bond motifs is 1. The van der Waals surface area contributed by atoms with Crippen molar-refractivity contribution in [2.45, 2.75) is 38.9 Å². The van der Waals surface area contributed by atoms with Gasteiger partial charge in [-0.1, -0.05) is 42.5 Å². The second kappa shape index (κ2) is 8.93. The molecular weight excluding hydrogens is 400 g/mol. The molecule has 6 heteroatoms. The molecule has 0 aliphatic carbocycles. The fourth-order valence-electron chi connectivity index (χ4n) is 4.37. The van der Waals surface area contributed by atoms with Crippen LogP contribution in [0.3, 0.4) is 0 Å². The van der Waals surface area contributed by atoms with Crippen LogP contribution in [0.5, 0.6) is 0 Å². The number of pyridine rings is 1. The van der Waals surface area contributed by atoms with E-state index in [4.69, 9.17) is 9.40 Å². The van der Waals surface area contributed by atoms with Crippen molar-refractivity contribution in [3.63, 3.8) is 0 Å². The van der Waals surface area contributed by atoms with Gasteiger partial charge in [0.2, 0.25) is 11.8 Å². The number of carbonyl (C=O) groups is 1. The van der Waals surface area contributed by atoms with E-state index in [0.29, 0.717) is 18.9 Å². The Hall–Kier alpha value is -3.51. The van der Waals surface area contributed by atoms with E-state index in [1.807, 2.05) is 37.4 Å². The Morgan fingerprint density at radius 2 is 1.97 bits per heavy atom. The second-order valence-electron chi connectivity index (χ2n) is 8.38. The minimum absolute atomic E-state index is 0.132. The van der Waals surface area contributed by atoms with Gasteiger partial charge in [-0.15, -0.1) is 0 Å². The lowest BCUT2D eigenvalue weighted by atomic mass is 10.0. The summed E-state index contributed by atoms with van der Waals surface area (Å²) >= 11 is 0. The Balaban J connectivity index is 1.42. The normalized spacial score (nSPS) is 16.1. The molecule has 1 atom stereocenters. The van der Waals surface area contributed by atoms with Gasteiger partial charge in [-0.05, 0) is 41.8 Å². The lowest BCUT2D eigenvalue weighted by molar-refractivity contribution is -0.119. The first-order valence-corrected chi connectivity index (χ1v) is 11.0. The van der Waals surface area contributed by atoms with Crippen LogP contribution in [0, 0.1) is 6.92 Å². The third kappa shape index (κ3) is 4.41. The number of amides is 1. The van der Waals surface area contributed by atoms with Crippen LogP contribution in [0.25, 0.3) is 22.2 Å². The van der Waals surface area contributed by atoms with Crippen molar-refractivity contribution in [1.29, 1.82) is 0 Å². The first-order chi connectivity index (χ1) is 15.7. The summed E-state index contributed by atoms with van der Waals surface area (Å²) in [6, 6.07) is 18.6. The van der Waals surface area contributed by atoms with Crippen molar-refractivity contribution in [3.8, 4) is 11.5 Å². The molecule has 162 valence electrons. The monoisotopic (exact) mass is 426 g/mol. The Morgan fingerprint density at radius 3 is 2.78 bits per heavy atom. The summed E-state index contributed by atoms with van der Waals surface area (Å²) in [5.74, 6) is 1.59. The number of rotatable bonds is 7. The smallest absolute Gasteiger partial charge is 0.227 e. The van der Waals surface area contributed by atoms with Gasteiger partial charge in [0, 0.05) is 50.1 Å².